The summed E-state index contributed by atoms with van der Waals surface area (Å²) in [7, 11) is 0. The van der Waals surface area contributed by atoms with Crippen LogP contribution >= 0.6 is 22.7 Å². The van der Waals surface area contributed by atoms with E-state index in [-0.39, 0.29) is 5.41 Å². The molecule has 0 amide bonds. The summed E-state index contributed by atoms with van der Waals surface area (Å²) in [5.41, 5.74) is 16.8. The first-order valence-corrected chi connectivity index (χ1v) is 23.0. The predicted molar refractivity (Wildman–Crippen MR) is 267 cm³/mol. The summed E-state index contributed by atoms with van der Waals surface area (Å²) in [6.07, 6.45) is 0. The number of hydrogen-bond acceptors (Lipinski definition) is 3. The Kier molecular flexibility index (Phi) is 6.90. The normalized spacial score (nSPS) is 13.5. The number of fused-ring (bicyclic) bond motifs is 16. The summed E-state index contributed by atoms with van der Waals surface area (Å²) < 4.78 is 14.2. The third kappa shape index (κ3) is 4.68. The van der Waals surface area contributed by atoms with E-state index >= 15 is 0 Å². The van der Waals surface area contributed by atoms with Crippen LogP contribution in [0.5, 0.6) is 0 Å². The van der Waals surface area contributed by atoms with Gasteiger partial charge in [0.05, 0.1) is 11.0 Å². The minimum atomic E-state index is -0.238. The highest BCUT2D eigenvalue weighted by atomic mass is 32.1. The van der Waals surface area contributed by atoms with Crippen LogP contribution in [0.25, 0.3) is 123 Å². The monoisotopic (exact) mass is 827 g/mol. The third-order valence-electron chi connectivity index (χ3n) is 13.8. The van der Waals surface area contributed by atoms with E-state index in [4.69, 9.17) is 4.42 Å². The van der Waals surface area contributed by atoms with Crippen LogP contribution in [0.4, 0.5) is 0 Å². The number of thiophene rings is 2. The Morgan fingerprint density at radius 3 is 1.98 bits per heavy atom. The standard InChI is InChI=1S/C58H37NOS2/c1-32-15-25-54-45(27-32)41-12-8-11-37(57(41)62-54)35-17-23-49-44(30-35)43-28-33(34-18-26-53-46(29-34)39-9-5-7-14-52(39)61-53)16-22-48(43)59(49)36-19-20-38-40-21-24-51-55(42-10-4-6-13-50(42)60-51)56(40)58(2,3)47(38)31-36/h4-31H,1-3H3. The number of aromatic nitrogens is 1. The molecule has 0 saturated carbocycles. The number of rotatable bonds is 3. The second-order valence-corrected chi connectivity index (χ2v) is 19.8. The van der Waals surface area contributed by atoms with Gasteiger partial charge in [0.25, 0.3) is 0 Å². The molecule has 4 heterocycles. The molecule has 9 aromatic carbocycles. The van der Waals surface area contributed by atoms with Crippen LogP contribution < -0.4 is 0 Å². The second-order valence-electron chi connectivity index (χ2n) is 17.7. The van der Waals surface area contributed by atoms with Crippen LogP contribution in [-0.4, -0.2) is 4.57 Å². The molecule has 0 atom stereocenters. The van der Waals surface area contributed by atoms with E-state index in [1.54, 1.807) is 0 Å². The fraction of sp³-hybridized carbons (Fsp3) is 0.0690. The largest absolute Gasteiger partial charge is 0.456 e. The van der Waals surface area contributed by atoms with Gasteiger partial charge < -0.3 is 8.98 Å². The van der Waals surface area contributed by atoms with Gasteiger partial charge in [-0.15, -0.1) is 22.7 Å². The fourth-order valence-electron chi connectivity index (χ4n) is 10.9. The molecule has 0 fully saturated rings. The molecule has 2 nitrogen and oxygen atoms in total. The molecule has 4 heteroatoms. The summed E-state index contributed by atoms with van der Waals surface area (Å²) in [4.78, 5) is 0. The number of benzene rings is 9. The fourth-order valence-corrected chi connectivity index (χ4v) is 13.2. The van der Waals surface area contributed by atoms with Crippen molar-refractivity contribution in [2.24, 2.45) is 0 Å². The van der Waals surface area contributed by atoms with Crippen molar-refractivity contribution in [2.45, 2.75) is 26.2 Å². The van der Waals surface area contributed by atoms with Crippen LogP contribution in [0, 0.1) is 6.92 Å². The molecule has 0 N–H and O–H groups in total. The minimum absolute atomic E-state index is 0.238. The third-order valence-corrected chi connectivity index (χ3v) is 16.2. The van der Waals surface area contributed by atoms with Crippen molar-refractivity contribution in [3.63, 3.8) is 0 Å². The Bertz CT molecular complexity index is 4090. The molecule has 0 bridgehead atoms. The van der Waals surface area contributed by atoms with Crippen molar-refractivity contribution in [1.82, 2.24) is 4.57 Å². The molecule has 0 saturated heterocycles. The molecule has 14 rings (SSSR count). The zero-order valence-electron chi connectivity index (χ0n) is 34.3. The highest BCUT2D eigenvalue weighted by Gasteiger charge is 2.38. The van der Waals surface area contributed by atoms with Crippen LogP contribution in [-0.2, 0) is 5.41 Å². The SMILES string of the molecule is Cc1ccc2sc3c(-c4ccc5c(c4)c4cc(-c6ccc7sc8ccccc8c7c6)ccc4n5-c4ccc5c(c4)C(C)(C)c4c-5ccc5oc6ccccc6c45)cccc3c2c1. The zero-order chi connectivity index (χ0) is 41.0. The Hall–Kier alpha value is -6.98. The molecule has 1 aliphatic carbocycles. The zero-order valence-corrected chi connectivity index (χ0v) is 36.0. The lowest BCUT2D eigenvalue weighted by molar-refractivity contribution is 0.656. The topological polar surface area (TPSA) is 18.1 Å². The number of nitrogens with zero attached hydrogens (tertiary/aromatic N) is 1. The van der Waals surface area contributed by atoms with E-state index in [0.29, 0.717) is 0 Å². The van der Waals surface area contributed by atoms with Crippen LogP contribution in [0.2, 0.25) is 0 Å². The lowest BCUT2D eigenvalue weighted by Gasteiger charge is -2.23. The lowest BCUT2D eigenvalue weighted by atomic mass is 9.80. The average Bonchev–Trinajstić information content (AvgIpc) is 4.10. The maximum atomic E-state index is 6.41. The Labute approximate surface area is 365 Å². The number of furan rings is 1. The quantitative estimate of drug-likeness (QED) is 0.174. The molecule has 292 valence electrons. The smallest absolute Gasteiger partial charge is 0.135 e. The van der Waals surface area contributed by atoms with Crippen molar-refractivity contribution in [3.05, 3.63) is 187 Å². The van der Waals surface area contributed by atoms with Gasteiger partial charge in [-0.2, -0.15) is 0 Å². The first kappa shape index (κ1) is 34.7. The van der Waals surface area contributed by atoms with Gasteiger partial charge in [0.1, 0.15) is 11.2 Å². The van der Waals surface area contributed by atoms with E-state index < -0.39 is 0 Å². The van der Waals surface area contributed by atoms with E-state index in [2.05, 4.69) is 195 Å². The molecule has 1 aliphatic rings. The second kappa shape index (κ2) is 12.3. The number of para-hydroxylation sites is 1. The van der Waals surface area contributed by atoms with Crippen molar-refractivity contribution in [1.29, 1.82) is 0 Å². The molecular formula is C58H37NOS2. The van der Waals surface area contributed by atoms with Crippen molar-refractivity contribution < 1.29 is 4.42 Å². The average molecular weight is 828 g/mol. The maximum absolute atomic E-state index is 6.41. The highest BCUT2D eigenvalue weighted by molar-refractivity contribution is 7.26. The van der Waals surface area contributed by atoms with Gasteiger partial charge in [-0.3, -0.25) is 0 Å². The van der Waals surface area contributed by atoms with Gasteiger partial charge in [0.2, 0.25) is 0 Å². The van der Waals surface area contributed by atoms with Crippen LogP contribution in [0.15, 0.2) is 174 Å². The first-order valence-electron chi connectivity index (χ1n) is 21.4. The van der Waals surface area contributed by atoms with E-state index in [0.717, 1.165) is 11.2 Å². The molecule has 0 radical (unpaired) electrons. The van der Waals surface area contributed by atoms with Crippen molar-refractivity contribution >= 4 is 107 Å². The molecule has 13 aromatic rings. The first-order chi connectivity index (χ1) is 30.4. The summed E-state index contributed by atoms with van der Waals surface area (Å²) in [5.74, 6) is 0. The molecular weight excluding hydrogens is 791 g/mol. The Balaban J connectivity index is 0.994. The molecule has 62 heavy (non-hydrogen) atoms. The Morgan fingerprint density at radius 2 is 1.11 bits per heavy atom. The predicted octanol–water partition coefficient (Wildman–Crippen LogP) is 17.4. The summed E-state index contributed by atoms with van der Waals surface area (Å²) in [6.45, 7) is 6.96. The van der Waals surface area contributed by atoms with E-state index in [1.807, 2.05) is 22.7 Å². The van der Waals surface area contributed by atoms with E-state index in [1.165, 1.54) is 129 Å². The maximum Gasteiger partial charge on any atom is 0.135 e. The van der Waals surface area contributed by atoms with Gasteiger partial charge in [0.15, 0.2) is 0 Å². The summed E-state index contributed by atoms with van der Waals surface area (Å²) >= 11 is 3.77. The van der Waals surface area contributed by atoms with Gasteiger partial charge in [-0.1, -0.05) is 110 Å². The van der Waals surface area contributed by atoms with Crippen molar-refractivity contribution in [3.8, 4) is 39.1 Å². The number of aryl methyl sites for hydroxylation is 1. The molecule has 0 unspecified atom stereocenters. The van der Waals surface area contributed by atoms with Crippen molar-refractivity contribution in [2.75, 3.05) is 0 Å². The van der Waals surface area contributed by atoms with Crippen LogP contribution in [0.1, 0.15) is 30.5 Å². The van der Waals surface area contributed by atoms with Crippen LogP contribution in [0.3, 0.4) is 0 Å². The molecule has 4 aromatic heterocycles. The molecule has 0 aliphatic heterocycles. The van der Waals surface area contributed by atoms with Gasteiger partial charge >= 0.3 is 0 Å². The number of hydrogen-bond donors (Lipinski definition) is 0. The Morgan fingerprint density at radius 1 is 0.452 bits per heavy atom. The van der Waals surface area contributed by atoms with E-state index in [9.17, 15) is 0 Å². The summed E-state index contributed by atoms with van der Waals surface area (Å²) in [5, 5.41) is 10.2. The van der Waals surface area contributed by atoms with Gasteiger partial charge in [-0.05, 0) is 130 Å². The van der Waals surface area contributed by atoms with Gasteiger partial charge in [0, 0.05) is 73.0 Å². The summed E-state index contributed by atoms with van der Waals surface area (Å²) in [6, 6.07) is 63.7. The van der Waals surface area contributed by atoms with Gasteiger partial charge in [-0.25, -0.2) is 0 Å². The molecule has 0 spiro atoms. The minimum Gasteiger partial charge on any atom is -0.456 e. The lowest BCUT2D eigenvalue weighted by Crippen LogP contribution is -2.15. The highest BCUT2D eigenvalue weighted by Crippen LogP contribution is 2.54.